The number of ether oxygens (including phenoxy) is 3. The molecule has 8 heteroatoms. The van der Waals surface area contributed by atoms with Gasteiger partial charge in [-0.1, -0.05) is 18.2 Å². The number of nitrogens with zero attached hydrogens (tertiary/aromatic N) is 1. The van der Waals surface area contributed by atoms with Gasteiger partial charge in [0, 0.05) is 0 Å². The molecule has 0 unspecified atom stereocenters. The normalized spacial score (nSPS) is 24.9. The summed E-state index contributed by atoms with van der Waals surface area (Å²) in [6.07, 6.45) is 2.79. The molecule has 1 atom stereocenters. The van der Waals surface area contributed by atoms with Crippen LogP contribution in [0.1, 0.15) is 56.8 Å². The molecule has 0 radical (unpaired) electrons. The summed E-state index contributed by atoms with van der Waals surface area (Å²) >= 11 is 1.01. The van der Waals surface area contributed by atoms with Crippen LogP contribution in [0.15, 0.2) is 30.3 Å². The van der Waals surface area contributed by atoms with Crippen LogP contribution in [0.2, 0.25) is 0 Å². The Hall–Kier alpha value is -1.77. The van der Waals surface area contributed by atoms with Crippen LogP contribution >= 0.6 is 12.2 Å². The van der Waals surface area contributed by atoms with Crippen molar-refractivity contribution in [3.8, 4) is 0 Å². The summed E-state index contributed by atoms with van der Waals surface area (Å²) < 4.78 is 23.9. The topological polar surface area (TPSA) is 74.3 Å². The van der Waals surface area contributed by atoms with Crippen molar-refractivity contribution >= 4 is 24.3 Å². The number of esters is 1. The van der Waals surface area contributed by atoms with E-state index in [1.807, 2.05) is 39.0 Å². The minimum atomic E-state index is -0.554. The molecular formula is C21H29NO6S. The molecule has 1 aromatic carbocycles. The van der Waals surface area contributed by atoms with Crippen molar-refractivity contribution < 1.29 is 28.0 Å². The lowest BCUT2D eigenvalue weighted by Crippen LogP contribution is -2.40. The smallest absolute Gasteiger partial charge is 0.422 e. The Kier molecular flexibility index (Phi) is 7.43. The Labute approximate surface area is 176 Å². The zero-order chi connectivity index (χ0) is 20.9. The third-order valence-electron chi connectivity index (χ3n) is 4.73. The van der Waals surface area contributed by atoms with E-state index in [1.54, 1.807) is 12.1 Å². The number of hydrogen-bond acceptors (Lipinski definition) is 7. The fourth-order valence-electron chi connectivity index (χ4n) is 3.25. The lowest BCUT2D eigenvalue weighted by molar-refractivity contribution is -0.0314. The average molecular weight is 424 g/mol. The van der Waals surface area contributed by atoms with Gasteiger partial charge in [0.15, 0.2) is 0 Å². The first-order chi connectivity index (χ1) is 13.8. The van der Waals surface area contributed by atoms with E-state index in [9.17, 15) is 9.59 Å². The molecule has 1 saturated carbocycles. The number of amides is 1. The molecule has 0 bridgehead atoms. The Morgan fingerprint density at radius 1 is 1.10 bits per heavy atom. The summed E-state index contributed by atoms with van der Waals surface area (Å²) in [6.45, 7) is 6.31. The molecule has 0 spiro atoms. The maximum Gasteiger partial charge on any atom is 0.422 e. The molecule has 3 rings (SSSR count). The van der Waals surface area contributed by atoms with Gasteiger partial charge in [0.25, 0.3) is 0 Å². The van der Waals surface area contributed by atoms with Crippen molar-refractivity contribution in [1.82, 2.24) is 4.31 Å². The van der Waals surface area contributed by atoms with Crippen molar-refractivity contribution in [1.29, 1.82) is 0 Å². The highest BCUT2D eigenvalue weighted by Gasteiger charge is 2.36. The van der Waals surface area contributed by atoms with Gasteiger partial charge >= 0.3 is 12.1 Å². The highest BCUT2D eigenvalue weighted by Crippen LogP contribution is 2.29. The lowest BCUT2D eigenvalue weighted by Gasteiger charge is -2.30. The minimum absolute atomic E-state index is 0.0776. The van der Waals surface area contributed by atoms with E-state index in [0.717, 1.165) is 37.9 Å². The van der Waals surface area contributed by atoms with Gasteiger partial charge in [0.2, 0.25) is 0 Å². The van der Waals surface area contributed by atoms with Crippen molar-refractivity contribution in [2.24, 2.45) is 0 Å². The molecule has 1 amide bonds. The third kappa shape index (κ3) is 6.62. The van der Waals surface area contributed by atoms with Gasteiger partial charge < -0.3 is 14.2 Å². The van der Waals surface area contributed by atoms with Gasteiger partial charge in [-0.05, 0) is 58.6 Å². The van der Waals surface area contributed by atoms with Crippen LogP contribution in [0.3, 0.4) is 0 Å². The quantitative estimate of drug-likeness (QED) is 0.395. The zero-order valence-corrected chi connectivity index (χ0v) is 18.0. The predicted octanol–water partition coefficient (Wildman–Crippen LogP) is 4.37. The summed E-state index contributed by atoms with van der Waals surface area (Å²) in [4.78, 5) is 24.5. The van der Waals surface area contributed by atoms with Gasteiger partial charge in [-0.25, -0.2) is 13.9 Å². The van der Waals surface area contributed by atoms with Crippen molar-refractivity contribution in [2.45, 2.75) is 70.3 Å². The van der Waals surface area contributed by atoms with Crippen molar-refractivity contribution in [3.63, 3.8) is 0 Å². The lowest BCUT2D eigenvalue weighted by atomic mass is 9.95. The number of benzene rings is 1. The van der Waals surface area contributed by atoms with Gasteiger partial charge in [-0.2, -0.15) is 0 Å². The van der Waals surface area contributed by atoms with Gasteiger partial charge in [0.1, 0.15) is 23.9 Å². The van der Waals surface area contributed by atoms with E-state index in [1.165, 1.54) is 4.31 Å². The number of carbonyl (C=O) groups excluding carboxylic acids is 2. The molecular weight excluding hydrogens is 394 g/mol. The maximum absolute atomic E-state index is 12.3. The molecule has 1 aliphatic heterocycles. The first-order valence-electron chi connectivity index (χ1n) is 10.0. The second-order valence-electron chi connectivity index (χ2n) is 8.32. The van der Waals surface area contributed by atoms with E-state index in [4.69, 9.17) is 18.4 Å². The molecule has 1 saturated heterocycles. The van der Waals surface area contributed by atoms with Gasteiger partial charge in [-0.3, -0.25) is 4.18 Å². The molecule has 0 N–H and O–H groups in total. The number of carbonyl (C=O) groups is 2. The molecule has 160 valence electrons. The third-order valence-corrected chi connectivity index (χ3v) is 5.58. The predicted molar refractivity (Wildman–Crippen MR) is 109 cm³/mol. The Balaban J connectivity index is 1.39. The fraction of sp³-hybridized carbons (Fsp3) is 0.619. The van der Waals surface area contributed by atoms with Crippen LogP contribution in [0.4, 0.5) is 4.79 Å². The average Bonchev–Trinajstić information content (AvgIpc) is 3.16. The van der Waals surface area contributed by atoms with Crippen LogP contribution in [0, 0.1) is 0 Å². The van der Waals surface area contributed by atoms with Crippen LogP contribution in [0.5, 0.6) is 0 Å². The Bertz CT molecular complexity index is 684. The highest BCUT2D eigenvalue weighted by molar-refractivity contribution is 7.93. The molecule has 0 aromatic heterocycles. The van der Waals surface area contributed by atoms with E-state index in [0.29, 0.717) is 18.8 Å². The van der Waals surface area contributed by atoms with E-state index in [2.05, 4.69) is 0 Å². The van der Waals surface area contributed by atoms with Gasteiger partial charge in [0.05, 0.1) is 30.9 Å². The van der Waals surface area contributed by atoms with Crippen LogP contribution < -0.4 is 0 Å². The SMILES string of the molecule is CC(C)(C)OC(=O)N1SOC[C@H]1COC1CCC(OC(=O)c2ccccc2)CC1. The van der Waals surface area contributed by atoms with E-state index >= 15 is 0 Å². The first kappa shape index (κ1) is 21.9. The zero-order valence-electron chi connectivity index (χ0n) is 17.2. The Morgan fingerprint density at radius 3 is 2.41 bits per heavy atom. The summed E-state index contributed by atoms with van der Waals surface area (Å²) in [6, 6.07) is 8.87. The van der Waals surface area contributed by atoms with Crippen LogP contribution in [0.25, 0.3) is 0 Å². The highest BCUT2D eigenvalue weighted by atomic mass is 32.2. The maximum atomic E-state index is 12.3. The molecule has 1 aliphatic carbocycles. The molecule has 1 aromatic rings. The standard InChI is InChI=1S/C21H29NO6S/c1-21(2,3)28-20(24)22-16(14-26-29-22)13-25-17-9-11-18(12-10-17)27-19(23)15-7-5-4-6-8-15/h4-8,16-18H,9-14H2,1-3H3/t16-,17?,18?/m1/s1. The van der Waals surface area contributed by atoms with Crippen molar-refractivity contribution in [2.75, 3.05) is 13.2 Å². The van der Waals surface area contributed by atoms with Crippen LogP contribution in [-0.2, 0) is 18.4 Å². The summed E-state index contributed by atoms with van der Waals surface area (Å²) in [7, 11) is 0. The first-order valence-corrected chi connectivity index (χ1v) is 10.7. The molecule has 29 heavy (non-hydrogen) atoms. The minimum Gasteiger partial charge on any atom is -0.459 e. The Morgan fingerprint density at radius 2 is 1.76 bits per heavy atom. The molecule has 7 nitrogen and oxygen atoms in total. The summed E-state index contributed by atoms with van der Waals surface area (Å²) in [5.41, 5.74) is 0.0214. The number of hydrogen-bond donors (Lipinski definition) is 0. The second kappa shape index (κ2) is 9.82. The monoisotopic (exact) mass is 423 g/mol. The van der Waals surface area contributed by atoms with E-state index < -0.39 is 11.7 Å². The summed E-state index contributed by atoms with van der Waals surface area (Å²) in [5, 5.41) is 0. The molecule has 1 heterocycles. The van der Waals surface area contributed by atoms with Crippen molar-refractivity contribution in [3.05, 3.63) is 35.9 Å². The largest absolute Gasteiger partial charge is 0.459 e. The van der Waals surface area contributed by atoms with Crippen LogP contribution in [-0.4, -0.2) is 53.4 Å². The molecule has 2 aliphatic rings. The fourth-order valence-corrected chi connectivity index (χ4v) is 3.93. The van der Waals surface area contributed by atoms with E-state index in [-0.39, 0.29) is 24.2 Å². The summed E-state index contributed by atoms with van der Waals surface area (Å²) in [5.74, 6) is -0.275. The van der Waals surface area contributed by atoms with Gasteiger partial charge in [-0.15, -0.1) is 0 Å². The molecule has 2 fully saturated rings. The second-order valence-corrected chi connectivity index (χ2v) is 9.10. The number of rotatable bonds is 5.